The number of nitrogens with one attached hydrogen (secondary N) is 1. The Morgan fingerprint density at radius 2 is 1.77 bits per heavy atom. The number of hydrogen-bond acceptors (Lipinski definition) is 6. The van der Waals surface area contributed by atoms with Crippen molar-refractivity contribution in [3.63, 3.8) is 0 Å². The Kier molecular flexibility index (Phi) is 6.64. The number of hydrazone groups is 1. The molecule has 2 aromatic carbocycles. The van der Waals surface area contributed by atoms with Crippen LogP contribution in [0.1, 0.15) is 52.2 Å². The lowest BCUT2D eigenvalue weighted by atomic mass is 9.87. The fourth-order valence-corrected chi connectivity index (χ4v) is 5.58. The lowest BCUT2D eigenvalue weighted by Gasteiger charge is -2.29. The minimum atomic E-state index is -1.37. The molecule has 184 valence electrons. The SMILES string of the molecule is CC(=O)NC1=NN(C(C)=O)[C@]2(S1)C(=O)N(CCCOc1ccc(C(C)(C)C)cc1)c1ccccc12. The number of benzene rings is 2. The molecular weight excluding hydrogens is 464 g/mol. The maximum Gasteiger partial charge on any atom is 0.270 e. The van der Waals surface area contributed by atoms with E-state index >= 15 is 0 Å². The van der Waals surface area contributed by atoms with Gasteiger partial charge in [-0.15, -0.1) is 5.10 Å². The molecule has 0 radical (unpaired) electrons. The van der Waals surface area contributed by atoms with E-state index in [1.165, 1.54) is 24.4 Å². The first kappa shape index (κ1) is 24.8. The summed E-state index contributed by atoms with van der Waals surface area (Å²) in [5.74, 6) is -0.187. The van der Waals surface area contributed by atoms with Gasteiger partial charge in [0.05, 0.1) is 12.3 Å². The minimum Gasteiger partial charge on any atom is -0.494 e. The molecule has 0 saturated heterocycles. The summed E-state index contributed by atoms with van der Waals surface area (Å²) in [6.45, 7) is 10.1. The summed E-state index contributed by atoms with van der Waals surface area (Å²) in [6.07, 6.45) is 0.599. The second-order valence-corrected chi connectivity index (χ2v) is 10.8. The Labute approximate surface area is 209 Å². The van der Waals surface area contributed by atoms with Crippen LogP contribution in [-0.2, 0) is 24.7 Å². The lowest BCUT2D eigenvalue weighted by molar-refractivity contribution is -0.139. The van der Waals surface area contributed by atoms with Crippen LogP contribution < -0.4 is 15.0 Å². The van der Waals surface area contributed by atoms with Crippen LogP contribution >= 0.6 is 11.8 Å². The molecule has 1 atom stereocenters. The van der Waals surface area contributed by atoms with Crippen LogP contribution in [0.25, 0.3) is 0 Å². The number of hydrogen-bond donors (Lipinski definition) is 1. The van der Waals surface area contributed by atoms with Crippen molar-refractivity contribution in [3.05, 3.63) is 59.7 Å². The van der Waals surface area contributed by atoms with Crippen molar-refractivity contribution in [2.24, 2.45) is 5.10 Å². The van der Waals surface area contributed by atoms with E-state index in [4.69, 9.17) is 4.74 Å². The lowest BCUT2D eigenvalue weighted by Crippen LogP contribution is -2.48. The third-order valence-electron chi connectivity index (χ3n) is 5.92. The molecule has 35 heavy (non-hydrogen) atoms. The van der Waals surface area contributed by atoms with E-state index in [0.29, 0.717) is 25.1 Å². The van der Waals surface area contributed by atoms with Crippen LogP contribution in [0, 0.1) is 0 Å². The largest absolute Gasteiger partial charge is 0.494 e. The van der Waals surface area contributed by atoms with Gasteiger partial charge in [-0.25, -0.2) is 0 Å². The summed E-state index contributed by atoms with van der Waals surface area (Å²) in [4.78, 5) is 38.2. The second kappa shape index (κ2) is 9.37. The van der Waals surface area contributed by atoms with Gasteiger partial charge in [0.2, 0.25) is 16.7 Å². The molecule has 0 aliphatic carbocycles. The van der Waals surface area contributed by atoms with Crippen molar-refractivity contribution < 1.29 is 19.1 Å². The van der Waals surface area contributed by atoms with Crippen LogP contribution in [0.2, 0.25) is 0 Å². The maximum absolute atomic E-state index is 13.8. The Morgan fingerprint density at radius 1 is 1.09 bits per heavy atom. The number of rotatable bonds is 5. The van der Waals surface area contributed by atoms with Crippen LogP contribution in [-0.4, -0.2) is 41.0 Å². The van der Waals surface area contributed by atoms with Crippen molar-refractivity contribution in [2.45, 2.75) is 51.3 Å². The fraction of sp³-hybridized carbons (Fsp3) is 0.385. The first-order chi connectivity index (χ1) is 16.5. The monoisotopic (exact) mass is 494 g/mol. The number of amides is 3. The van der Waals surface area contributed by atoms with Gasteiger partial charge in [0, 0.05) is 26.0 Å². The number of ether oxygens (including phenoxy) is 1. The van der Waals surface area contributed by atoms with Crippen molar-refractivity contribution in [1.82, 2.24) is 10.3 Å². The highest BCUT2D eigenvalue weighted by molar-refractivity contribution is 8.15. The normalized spacial score (nSPS) is 19.1. The van der Waals surface area contributed by atoms with E-state index in [1.807, 2.05) is 36.4 Å². The van der Waals surface area contributed by atoms with Crippen LogP contribution in [0.5, 0.6) is 5.75 Å². The molecule has 0 aromatic heterocycles. The zero-order chi connectivity index (χ0) is 25.4. The number of fused-ring (bicyclic) bond motifs is 2. The Bertz CT molecular complexity index is 1190. The summed E-state index contributed by atoms with van der Waals surface area (Å²) in [7, 11) is 0. The van der Waals surface area contributed by atoms with Crippen molar-refractivity contribution in [3.8, 4) is 5.75 Å². The highest BCUT2D eigenvalue weighted by Gasteiger charge is 2.60. The quantitative estimate of drug-likeness (QED) is 0.636. The third-order valence-corrected chi connectivity index (χ3v) is 7.16. The summed E-state index contributed by atoms with van der Waals surface area (Å²) in [6, 6.07) is 15.5. The fourth-order valence-electron chi connectivity index (χ4n) is 4.25. The van der Waals surface area contributed by atoms with Gasteiger partial charge in [-0.1, -0.05) is 51.1 Å². The average molecular weight is 495 g/mol. The zero-order valence-corrected chi connectivity index (χ0v) is 21.4. The number of amidine groups is 1. The average Bonchev–Trinajstić information content (AvgIpc) is 3.28. The molecule has 0 fully saturated rings. The predicted molar refractivity (Wildman–Crippen MR) is 137 cm³/mol. The second-order valence-electron chi connectivity index (χ2n) is 9.61. The topological polar surface area (TPSA) is 91.3 Å². The molecule has 0 unspecified atom stereocenters. The van der Waals surface area contributed by atoms with E-state index in [0.717, 1.165) is 23.2 Å². The summed E-state index contributed by atoms with van der Waals surface area (Å²) in [5, 5.41) is 8.28. The Hall–Kier alpha value is -3.33. The standard InChI is InChI=1S/C26H30N4O4S/c1-17(31)27-24-28-30(18(2)32)26(35-24)21-9-6-7-10-22(21)29(23(26)33)15-8-16-34-20-13-11-19(12-14-20)25(3,4)5/h6-7,9-14H,8,15-16H2,1-5H3,(H,27,28,31)/t26-/m1/s1. The van der Waals surface area contributed by atoms with Crippen LogP contribution in [0.4, 0.5) is 5.69 Å². The number of carbonyl (C=O) groups is 3. The van der Waals surface area contributed by atoms with E-state index in [9.17, 15) is 14.4 Å². The van der Waals surface area contributed by atoms with Gasteiger partial charge in [-0.05, 0) is 47.4 Å². The van der Waals surface area contributed by atoms with Gasteiger partial charge in [-0.3, -0.25) is 14.4 Å². The Balaban J connectivity index is 1.49. The number of thioether (sulfide) groups is 1. The number of nitrogens with zero attached hydrogens (tertiary/aromatic N) is 3. The molecule has 2 aliphatic heterocycles. The minimum absolute atomic E-state index is 0.0769. The third kappa shape index (κ3) is 4.65. The molecule has 3 amide bonds. The molecule has 2 heterocycles. The Morgan fingerprint density at radius 3 is 2.40 bits per heavy atom. The zero-order valence-electron chi connectivity index (χ0n) is 20.6. The molecule has 8 nitrogen and oxygen atoms in total. The number of anilines is 1. The molecule has 4 rings (SSSR count). The molecule has 0 saturated carbocycles. The summed E-state index contributed by atoms with van der Waals surface area (Å²) < 4.78 is 5.92. The van der Waals surface area contributed by atoms with E-state index in [-0.39, 0.29) is 28.3 Å². The van der Waals surface area contributed by atoms with Gasteiger partial charge in [0.25, 0.3) is 5.91 Å². The number of carbonyl (C=O) groups excluding carboxylic acids is 3. The molecular formula is C26H30N4O4S. The van der Waals surface area contributed by atoms with Gasteiger partial charge >= 0.3 is 0 Å². The summed E-state index contributed by atoms with van der Waals surface area (Å²) >= 11 is 1.08. The van der Waals surface area contributed by atoms with Gasteiger partial charge < -0.3 is 15.0 Å². The highest BCUT2D eigenvalue weighted by atomic mass is 32.2. The first-order valence-electron chi connectivity index (χ1n) is 11.5. The van der Waals surface area contributed by atoms with E-state index in [1.54, 1.807) is 4.90 Å². The number of para-hydroxylation sites is 1. The highest BCUT2D eigenvalue weighted by Crippen LogP contribution is 2.54. The predicted octanol–water partition coefficient (Wildman–Crippen LogP) is 3.96. The van der Waals surface area contributed by atoms with E-state index in [2.05, 4.69) is 43.3 Å². The van der Waals surface area contributed by atoms with Crippen molar-refractivity contribution in [1.29, 1.82) is 0 Å². The first-order valence-corrected chi connectivity index (χ1v) is 12.4. The van der Waals surface area contributed by atoms with Crippen molar-refractivity contribution in [2.75, 3.05) is 18.1 Å². The molecule has 2 aliphatic rings. The molecule has 9 heteroatoms. The van der Waals surface area contributed by atoms with Crippen LogP contribution in [0.3, 0.4) is 0 Å². The molecule has 2 aromatic rings. The molecule has 1 N–H and O–H groups in total. The summed E-state index contributed by atoms with van der Waals surface area (Å²) in [5.41, 5.74) is 2.71. The maximum atomic E-state index is 13.8. The van der Waals surface area contributed by atoms with Gasteiger partial charge in [0.1, 0.15) is 5.75 Å². The smallest absolute Gasteiger partial charge is 0.270 e. The molecule has 0 bridgehead atoms. The van der Waals surface area contributed by atoms with Gasteiger partial charge in [0.15, 0.2) is 5.17 Å². The van der Waals surface area contributed by atoms with Crippen molar-refractivity contribution >= 4 is 40.3 Å². The van der Waals surface area contributed by atoms with Gasteiger partial charge in [-0.2, -0.15) is 5.01 Å². The van der Waals surface area contributed by atoms with E-state index < -0.39 is 4.87 Å². The molecule has 1 spiro atoms. The van der Waals surface area contributed by atoms with Crippen LogP contribution in [0.15, 0.2) is 53.6 Å².